The molecule has 17 heavy (non-hydrogen) atoms. The number of carboxylic acid groups (broad SMARTS) is 1. The molecule has 0 aliphatic heterocycles. The second kappa shape index (κ2) is 5.77. The van der Waals surface area contributed by atoms with Gasteiger partial charge in [-0.05, 0) is 24.5 Å². The molecule has 0 radical (unpaired) electrons. The van der Waals surface area contributed by atoms with Crippen LogP contribution in [0.15, 0.2) is 24.5 Å². The van der Waals surface area contributed by atoms with Crippen molar-refractivity contribution in [2.45, 2.75) is 38.3 Å². The van der Waals surface area contributed by atoms with E-state index in [4.69, 9.17) is 5.11 Å². The zero-order valence-corrected chi connectivity index (χ0v) is 9.80. The Morgan fingerprint density at radius 3 is 3.00 bits per heavy atom. The van der Waals surface area contributed by atoms with Gasteiger partial charge in [-0.25, -0.2) is 0 Å². The van der Waals surface area contributed by atoms with Crippen molar-refractivity contribution < 1.29 is 9.90 Å². The van der Waals surface area contributed by atoms with Crippen LogP contribution in [0.25, 0.3) is 0 Å². The summed E-state index contributed by atoms with van der Waals surface area (Å²) in [5.74, 6) is -0.909. The number of pyridine rings is 1. The molecule has 1 aliphatic carbocycles. The van der Waals surface area contributed by atoms with Gasteiger partial charge in [-0.1, -0.05) is 18.9 Å². The Labute approximate surface area is 101 Å². The highest BCUT2D eigenvalue weighted by molar-refractivity contribution is 5.71. The SMILES string of the molecule is O=C(O)[C@H]1CCCC[C@H]1NCc1cccnc1. The van der Waals surface area contributed by atoms with E-state index in [9.17, 15) is 4.79 Å². The minimum Gasteiger partial charge on any atom is -0.481 e. The predicted molar refractivity (Wildman–Crippen MR) is 64.5 cm³/mol. The van der Waals surface area contributed by atoms with E-state index in [0.29, 0.717) is 6.54 Å². The first kappa shape index (κ1) is 12.0. The number of aromatic nitrogens is 1. The maximum Gasteiger partial charge on any atom is 0.308 e. The number of nitrogens with zero attached hydrogens (tertiary/aromatic N) is 1. The Bertz CT molecular complexity index is 367. The highest BCUT2D eigenvalue weighted by Gasteiger charge is 2.30. The average molecular weight is 234 g/mol. The molecule has 0 bridgehead atoms. The maximum atomic E-state index is 11.1. The zero-order valence-electron chi connectivity index (χ0n) is 9.80. The van der Waals surface area contributed by atoms with Gasteiger partial charge in [0.1, 0.15) is 0 Å². The van der Waals surface area contributed by atoms with Gasteiger partial charge in [0.2, 0.25) is 0 Å². The van der Waals surface area contributed by atoms with Crippen LogP contribution in [0.4, 0.5) is 0 Å². The maximum absolute atomic E-state index is 11.1. The van der Waals surface area contributed by atoms with Crippen LogP contribution in [-0.2, 0) is 11.3 Å². The van der Waals surface area contributed by atoms with Gasteiger partial charge < -0.3 is 10.4 Å². The van der Waals surface area contributed by atoms with Crippen LogP contribution in [0.3, 0.4) is 0 Å². The lowest BCUT2D eigenvalue weighted by atomic mass is 9.84. The molecule has 1 saturated carbocycles. The van der Waals surface area contributed by atoms with Crippen LogP contribution >= 0.6 is 0 Å². The fraction of sp³-hybridized carbons (Fsp3) is 0.538. The van der Waals surface area contributed by atoms with Crippen LogP contribution in [0.2, 0.25) is 0 Å². The van der Waals surface area contributed by atoms with Crippen LogP contribution < -0.4 is 5.32 Å². The summed E-state index contributed by atoms with van der Waals surface area (Å²) in [6.07, 6.45) is 7.45. The third-order valence-electron chi connectivity index (χ3n) is 3.37. The van der Waals surface area contributed by atoms with Crippen molar-refractivity contribution in [3.05, 3.63) is 30.1 Å². The van der Waals surface area contributed by atoms with Crippen LogP contribution in [0, 0.1) is 5.92 Å². The zero-order chi connectivity index (χ0) is 12.1. The van der Waals surface area contributed by atoms with Gasteiger partial charge in [-0.3, -0.25) is 9.78 Å². The number of rotatable bonds is 4. The van der Waals surface area contributed by atoms with Crippen molar-refractivity contribution in [1.29, 1.82) is 0 Å². The number of carboxylic acids is 1. The monoisotopic (exact) mass is 234 g/mol. The molecule has 0 unspecified atom stereocenters. The molecule has 2 atom stereocenters. The summed E-state index contributed by atoms with van der Waals surface area (Å²) in [6.45, 7) is 0.697. The summed E-state index contributed by atoms with van der Waals surface area (Å²) >= 11 is 0. The Hall–Kier alpha value is -1.42. The minimum atomic E-state index is -0.673. The number of hydrogen-bond acceptors (Lipinski definition) is 3. The quantitative estimate of drug-likeness (QED) is 0.834. The van der Waals surface area contributed by atoms with Crippen molar-refractivity contribution >= 4 is 5.97 Å². The second-order valence-electron chi connectivity index (χ2n) is 4.58. The van der Waals surface area contributed by atoms with E-state index in [1.807, 2.05) is 18.3 Å². The molecule has 92 valence electrons. The summed E-state index contributed by atoms with van der Waals surface area (Å²) in [5, 5.41) is 12.5. The molecular weight excluding hydrogens is 216 g/mol. The summed E-state index contributed by atoms with van der Waals surface area (Å²) in [6, 6.07) is 3.99. The number of aliphatic carboxylic acids is 1. The smallest absolute Gasteiger partial charge is 0.308 e. The van der Waals surface area contributed by atoms with Gasteiger partial charge in [0.05, 0.1) is 5.92 Å². The van der Waals surface area contributed by atoms with Gasteiger partial charge in [0.25, 0.3) is 0 Å². The molecule has 1 heterocycles. The molecule has 0 saturated heterocycles. The van der Waals surface area contributed by atoms with Gasteiger partial charge in [0.15, 0.2) is 0 Å². The largest absolute Gasteiger partial charge is 0.481 e. The fourth-order valence-corrected chi connectivity index (χ4v) is 2.42. The summed E-state index contributed by atoms with van der Waals surface area (Å²) in [7, 11) is 0. The van der Waals surface area contributed by atoms with E-state index in [1.165, 1.54) is 0 Å². The summed E-state index contributed by atoms with van der Waals surface area (Å²) in [5.41, 5.74) is 1.10. The van der Waals surface area contributed by atoms with Gasteiger partial charge in [0, 0.05) is 25.0 Å². The molecule has 1 aliphatic rings. The molecule has 4 nitrogen and oxygen atoms in total. The van der Waals surface area contributed by atoms with E-state index in [2.05, 4.69) is 10.3 Å². The van der Waals surface area contributed by atoms with Crippen LogP contribution in [-0.4, -0.2) is 22.1 Å². The second-order valence-corrected chi connectivity index (χ2v) is 4.58. The molecular formula is C13H18N2O2. The van der Waals surface area contributed by atoms with E-state index in [0.717, 1.165) is 31.2 Å². The highest BCUT2D eigenvalue weighted by atomic mass is 16.4. The molecule has 1 fully saturated rings. The van der Waals surface area contributed by atoms with Gasteiger partial charge in [-0.15, -0.1) is 0 Å². The van der Waals surface area contributed by atoms with Gasteiger partial charge in [-0.2, -0.15) is 0 Å². The molecule has 2 N–H and O–H groups in total. The van der Waals surface area contributed by atoms with Crippen LogP contribution in [0.5, 0.6) is 0 Å². The van der Waals surface area contributed by atoms with E-state index in [1.54, 1.807) is 6.20 Å². The van der Waals surface area contributed by atoms with Gasteiger partial charge >= 0.3 is 5.97 Å². The Kier molecular flexibility index (Phi) is 4.09. The lowest BCUT2D eigenvalue weighted by molar-refractivity contribution is -0.143. The summed E-state index contributed by atoms with van der Waals surface area (Å²) in [4.78, 5) is 15.2. The average Bonchev–Trinajstić information content (AvgIpc) is 2.38. The minimum absolute atomic E-state index is 0.0986. The Balaban J connectivity index is 1.90. The topological polar surface area (TPSA) is 62.2 Å². The van der Waals surface area contributed by atoms with E-state index < -0.39 is 5.97 Å². The molecule has 4 heteroatoms. The molecule has 2 rings (SSSR count). The number of hydrogen-bond donors (Lipinski definition) is 2. The van der Waals surface area contributed by atoms with Crippen molar-refractivity contribution in [2.75, 3.05) is 0 Å². The first-order valence-corrected chi connectivity index (χ1v) is 6.12. The molecule has 0 amide bonds. The Morgan fingerprint density at radius 2 is 2.29 bits per heavy atom. The third-order valence-corrected chi connectivity index (χ3v) is 3.37. The molecule has 1 aromatic heterocycles. The molecule has 1 aromatic rings. The first-order chi connectivity index (χ1) is 8.27. The van der Waals surface area contributed by atoms with Crippen LogP contribution in [0.1, 0.15) is 31.2 Å². The van der Waals surface area contributed by atoms with Crippen molar-refractivity contribution in [1.82, 2.24) is 10.3 Å². The summed E-state index contributed by atoms with van der Waals surface area (Å²) < 4.78 is 0. The highest BCUT2D eigenvalue weighted by Crippen LogP contribution is 2.24. The van der Waals surface area contributed by atoms with Crippen molar-refractivity contribution in [3.63, 3.8) is 0 Å². The standard InChI is InChI=1S/C13H18N2O2/c16-13(17)11-5-1-2-6-12(11)15-9-10-4-3-7-14-8-10/h3-4,7-8,11-12,15H,1-2,5-6,9H2,(H,16,17)/t11-,12+/m0/s1. The van der Waals surface area contributed by atoms with Crippen molar-refractivity contribution in [3.8, 4) is 0 Å². The first-order valence-electron chi connectivity index (χ1n) is 6.12. The Morgan fingerprint density at radius 1 is 1.47 bits per heavy atom. The number of nitrogens with one attached hydrogen (secondary N) is 1. The van der Waals surface area contributed by atoms with E-state index in [-0.39, 0.29) is 12.0 Å². The molecule has 0 aromatic carbocycles. The fourth-order valence-electron chi connectivity index (χ4n) is 2.42. The third kappa shape index (κ3) is 3.27. The van der Waals surface area contributed by atoms with E-state index >= 15 is 0 Å². The number of carbonyl (C=O) groups is 1. The normalized spacial score (nSPS) is 24.5. The van der Waals surface area contributed by atoms with Crippen molar-refractivity contribution in [2.24, 2.45) is 5.92 Å². The predicted octanol–water partition coefficient (Wildman–Crippen LogP) is 1.81. The molecule has 0 spiro atoms. The lowest BCUT2D eigenvalue weighted by Gasteiger charge is -2.29. The lowest BCUT2D eigenvalue weighted by Crippen LogP contribution is -2.41.